The van der Waals surface area contributed by atoms with Gasteiger partial charge in [-0.3, -0.25) is 40.4 Å². The number of alkyl carbamates (subject to hydrolysis) is 2. The largest absolute Gasteiger partial charge is 0.480 e. The molecule has 24 nitrogen and oxygen atoms in total. The maximum atomic E-state index is 13.6. The van der Waals surface area contributed by atoms with Crippen LogP contribution in [0.15, 0.2) is 42.5 Å². The van der Waals surface area contributed by atoms with Crippen LogP contribution in [-0.2, 0) is 73.6 Å². The van der Waals surface area contributed by atoms with Gasteiger partial charge in [0.15, 0.2) is 12.2 Å². The number of carbonyl (C=O) groups is 6. The lowest BCUT2D eigenvalue weighted by Gasteiger charge is -2.31. The number of nitrogens with zero attached hydrogens (tertiary/aromatic N) is 8. The summed E-state index contributed by atoms with van der Waals surface area (Å²) in [6.45, 7) is 13.7. The van der Waals surface area contributed by atoms with Crippen molar-refractivity contribution in [2.45, 2.75) is 142 Å². The lowest BCUT2D eigenvalue weighted by molar-refractivity contribution is -0.122. The summed E-state index contributed by atoms with van der Waals surface area (Å²) in [5.74, 6) is 2.90. The second-order valence-electron chi connectivity index (χ2n) is 20.8. The Labute approximate surface area is 498 Å². The third-order valence-electron chi connectivity index (χ3n) is 12.4. The first-order valence-electron chi connectivity index (χ1n) is 26.3. The number of fused-ring (bicyclic) bond motifs is 2. The number of carbonyl (C=O) groups excluding carboxylic acids is 6. The van der Waals surface area contributed by atoms with Crippen LogP contribution in [0.3, 0.4) is 0 Å². The van der Waals surface area contributed by atoms with Gasteiger partial charge < -0.3 is 29.6 Å². The minimum atomic E-state index is -1.33. The fourth-order valence-corrected chi connectivity index (χ4v) is 13.3. The highest BCUT2D eigenvalue weighted by atomic mass is 32.2. The van der Waals surface area contributed by atoms with Crippen LogP contribution < -0.4 is 41.4 Å². The molecule has 6 amide bonds. The smallest absolute Gasteiger partial charge is 0.408 e. The van der Waals surface area contributed by atoms with Gasteiger partial charge in [-0.25, -0.2) is 9.59 Å². The van der Waals surface area contributed by atoms with Gasteiger partial charge in [0.1, 0.15) is 54.3 Å². The molecule has 6 N–H and O–H groups in total. The molecule has 0 aliphatic carbocycles. The third kappa shape index (κ3) is 18.0. The Morgan fingerprint density at radius 3 is 1.59 bits per heavy atom. The topological polar surface area (TPSA) is 315 Å². The predicted octanol–water partition coefficient (Wildman–Crippen LogP) is 7.72. The number of benzene rings is 2. The number of nitrogens with one attached hydrogen (secondary N) is 6. The maximum absolute atomic E-state index is 13.6. The second-order valence-corrected chi connectivity index (χ2v) is 27.5. The van der Waals surface area contributed by atoms with Gasteiger partial charge in [-0.1, -0.05) is 82.6 Å². The van der Waals surface area contributed by atoms with Gasteiger partial charge >= 0.3 is 12.2 Å². The van der Waals surface area contributed by atoms with Crippen molar-refractivity contribution in [2.75, 3.05) is 44.3 Å². The molecular formula is C52H64N14O10S6. The van der Waals surface area contributed by atoms with E-state index in [-0.39, 0.29) is 18.2 Å². The molecule has 0 bridgehead atoms. The Balaban J connectivity index is 0.692. The average molecular weight is 1240 g/mol. The Morgan fingerprint density at radius 1 is 0.610 bits per heavy atom. The van der Waals surface area contributed by atoms with Gasteiger partial charge in [-0.2, -0.15) is 23.5 Å². The van der Waals surface area contributed by atoms with Crippen LogP contribution in [0, 0.1) is 0 Å². The summed E-state index contributed by atoms with van der Waals surface area (Å²) < 4.78 is 22.9. The first-order chi connectivity index (χ1) is 39.1. The minimum Gasteiger partial charge on any atom is -0.480 e. The first kappa shape index (κ1) is 61.5. The van der Waals surface area contributed by atoms with Crippen LogP contribution in [-0.4, -0.2) is 135 Å². The van der Waals surface area contributed by atoms with Crippen LogP contribution in [0.5, 0.6) is 11.5 Å². The Bertz CT molecular complexity index is 3210. The van der Waals surface area contributed by atoms with E-state index in [1.54, 1.807) is 85.0 Å². The van der Waals surface area contributed by atoms with Crippen molar-refractivity contribution in [1.29, 1.82) is 0 Å². The van der Waals surface area contributed by atoms with Crippen molar-refractivity contribution in [2.24, 2.45) is 0 Å². The number of thioether (sulfide) groups is 2. The summed E-state index contributed by atoms with van der Waals surface area (Å²) in [5, 5.41) is 54.4. The van der Waals surface area contributed by atoms with Gasteiger partial charge in [0, 0.05) is 44.9 Å². The summed E-state index contributed by atoms with van der Waals surface area (Å²) in [4.78, 5) is 77.6. The van der Waals surface area contributed by atoms with Gasteiger partial charge in [-0.15, -0.1) is 40.8 Å². The molecule has 4 aromatic heterocycles. The summed E-state index contributed by atoms with van der Waals surface area (Å²) >= 11 is 8.59. The molecule has 0 saturated heterocycles. The number of para-hydroxylation sites is 1. The van der Waals surface area contributed by atoms with Gasteiger partial charge in [0.25, 0.3) is 17.7 Å². The zero-order valence-corrected chi connectivity index (χ0v) is 51.3. The van der Waals surface area contributed by atoms with Crippen LogP contribution in [0.4, 0.5) is 30.1 Å². The highest BCUT2D eigenvalue weighted by Crippen LogP contribution is 2.33. The zero-order valence-electron chi connectivity index (χ0n) is 46.4. The monoisotopic (exact) mass is 1240 g/mol. The van der Waals surface area contributed by atoms with E-state index < -0.39 is 59.0 Å². The lowest BCUT2D eigenvalue weighted by Crippen LogP contribution is -2.55. The summed E-state index contributed by atoms with van der Waals surface area (Å²) in [5.41, 5.74) is -0.288. The minimum absolute atomic E-state index is 0.244. The molecule has 0 radical (unpaired) electrons. The van der Waals surface area contributed by atoms with Crippen molar-refractivity contribution in [3.8, 4) is 11.5 Å². The fourth-order valence-electron chi connectivity index (χ4n) is 8.05. The normalized spacial score (nSPS) is 15.6. The summed E-state index contributed by atoms with van der Waals surface area (Å²) in [6.07, 6.45) is 1.25. The molecule has 0 spiro atoms. The molecule has 4 unspecified atom stereocenters. The van der Waals surface area contributed by atoms with E-state index in [0.29, 0.717) is 71.2 Å². The highest BCUT2D eigenvalue weighted by molar-refractivity contribution is 7.99. The SMILES string of the molecule is CCC(C)(NC(=O)OC(C)(C)Cc1ccc2c(c1)CC(C(=O)Nc1nnc(CCSCCc3nnc(NC(=O)C4Cc5ccccc5O4)s3)s1)O2)C(=O)Nc1nnc(CCSCCc2nnc(NC(=O)C(C)NC(=O)OC(C)(C)C)s2)s1. The van der Waals surface area contributed by atoms with E-state index >= 15 is 0 Å². The molecule has 4 atom stereocenters. The van der Waals surface area contributed by atoms with Crippen LogP contribution in [0.2, 0.25) is 0 Å². The zero-order chi connectivity index (χ0) is 58.6. The molecule has 0 fully saturated rings. The Hall–Kier alpha value is -6.60. The molecule has 2 aliphatic heterocycles. The Morgan fingerprint density at radius 2 is 1.09 bits per heavy atom. The van der Waals surface area contributed by atoms with Crippen LogP contribution >= 0.6 is 68.9 Å². The van der Waals surface area contributed by atoms with Crippen molar-refractivity contribution < 1.29 is 47.7 Å². The van der Waals surface area contributed by atoms with Crippen LogP contribution in [0.25, 0.3) is 0 Å². The van der Waals surface area contributed by atoms with E-state index in [9.17, 15) is 28.8 Å². The van der Waals surface area contributed by atoms with Crippen molar-refractivity contribution in [3.63, 3.8) is 0 Å². The third-order valence-corrected chi connectivity index (χ3v) is 17.9. The van der Waals surface area contributed by atoms with E-state index in [1.165, 1.54) is 45.3 Å². The van der Waals surface area contributed by atoms with Crippen molar-refractivity contribution in [1.82, 2.24) is 51.4 Å². The number of rotatable bonds is 26. The number of aromatic nitrogens is 8. The maximum Gasteiger partial charge on any atom is 0.408 e. The molecular weight excluding hydrogens is 1170 g/mol. The quantitative estimate of drug-likeness (QED) is 0.0283. The van der Waals surface area contributed by atoms with E-state index in [2.05, 4.69) is 72.7 Å². The molecule has 6 aromatic rings. The number of anilines is 4. The number of hydrogen-bond donors (Lipinski definition) is 6. The average Bonchev–Trinajstić information content (AvgIpc) is 4.49. The standard InChI is InChI=1S/C52H64N14O10S6/c1-9-52(8,43(70)57-47-66-62-39(82-47)19-23-78-20-16-36-59-63-44(79-36)54-40(67)28(2)53-48(71)75-50(3,4)5)58-49(72)76-51(6,7)27-29-14-15-33-31(24-29)26-35(74-33)42(69)56-46-65-61-38(81-46)18-22-77-21-17-37-60-64-45(80-37)55-41(68)34-25-30-12-10-11-13-32(30)73-34/h10-15,24,28,34-35H,9,16-23,25-27H2,1-8H3,(H,53,71)(H,58,72)(H,54,63,67)(H,55,64,68)(H,56,65,69)(H,57,66,70). The molecule has 30 heteroatoms. The Kier molecular flexibility index (Phi) is 20.7. The second kappa shape index (κ2) is 27.7. The highest BCUT2D eigenvalue weighted by Gasteiger charge is 2.37. The molecule has 8 rings (SSSR count). The van der Waals surface area contributed by atoms with E-state index in [1.807, 2.05) is 36.4 Å². The number of amides is 6. The molecule has 2 aliphatic rings. The van der Waals surface area contributed by atoms with Gasteiger partial charge in [-0.05, 0) is 107 Å². The number of hydrogen-bond acceptors (Lipinski definition) is 24. The van der Waals surface area contributed by atoms with Crippen molar-refractivity contribution >= 4 is 125 Å². The number of ether oxygens (including phenoxy) is 4. The van der Waals surface area contributed by atoms with Gasteiger partial charge in [0.05, 0.1) is 0 Å². The summed E-state index contributed by atoms with van der Waals surface area (Å²) in [7, 11) is 0. The fraction of sp³-hybridized carbons (Fsp3) is 0.500. The molecule has 2 aromatic carbocycles. The lowest BCUT2D eigenvalue weighted by atomic mass is 9.96. The van der Waals surface area contributed by atoms with E-state index in [4.69, 9.17) is 18.9 Å². The van der Waals surface area contributed by atoms with Crippen molar-refractivity contribution in [3.05, 3.63) is 79.2 Å². The summed E-state index contributed by atoms with van der Waals surface area (Å²) in [6, 6.07) is 12.4. The molecule has 6 heterocycles. The molecule has 82 heavy (non-hydrogen) atoms. The predicted molar refractivity (Wildman–Crippen MR) is 318 cm³/mol. The molecule has 438 valence electrons. The first-order valence-corrected chi connectivity index (χ1v) is 31.9. The van der Waals surface area contributed by atoms with E-state index in [0.717, 1.165) is 65.5 Å². The van der Waals surface area contributed by atoms with Crippen LogP contribution in [0.1, 0.15) is 98.5 Å². The van der Waals surface area contributed by atoms with Gasteiger partial charge in [0.2, 0.25) is 26.4 Å². The number of aryl methyl sites for hydroxylation is 4. The molecule has 0 saturated carbocycles.